The summed E-state index contributed by atoms with van der Waals surface area (Å²) >= 11 is 1.67. The normalized spacial score (nSPS) is 19.7. The van der Waals surface area contributed by atoms with Gasteiger partial charge in [-0.15, -0.1) is 11.3 Å². The largest absolute Gasteiger partial charge is 0.372 e. The highest BCUT2D eigenvalue weighted by Gasteiger charge is 2.24. The Bertz CT molecular complexity index is 744. The number of morpholine rings is 1. The lowest BCUT2D eigenvalue weighted by atomic mass is 10.1. The Labute approximate surface area is 163 Å². The van der Waals surface area contributed by atoms with Crippen molar-refractivity contribution in [2.24, 2.45) is 0 Å². The van der Waals surface area contributed by atoms with Gasteiger partial charge in [0, 0.05) is 31.1 Å². The van der Waals surface area contributed by atoms with Crippen LogP contribution in [0.4, 0.5) is 14.9 Å². The summed E-state index contributed by atoms with van der Waals surface area (Å²) in [5.41, 5.74) is 1.32. The second kappa shape index (κ2) is 9.19. The highest BCUT2D eigenvalue weighted by molar-refractivity contribution is 7.09. The number of carbonyl (C=O) groups is 1. The van der Waals surface area contributed by atoms with Crippen molar-refractivity contribution in [2.45, 2.75) is 39.0 Å². The first-order valence-electron chi connectivity index (χ1n) is 9.24. The van der Waals surface area contributed by atoms with Crippen molar-refractivity contribution in [2.75, 3.05) is 24.5 Å². The molecule has 1 aliphatic heterocycles. The monoisotopic (exact) mass is 391 g/mol. The maximum atomic E-state index is 14.6. The fourth-order valence-corrected chi connectivity index (χ4v) is 4.00. The van der Waals surface area contributed by atoms with E-state index in [1.807, 2.05) is 42.3 Å². The lowest BCUT2D eigenvalue weighted by Crippen LogP contribution is -2.45. The molecule has 3 rings (SSSR count). The molecule has 5 nitrogen and oxygen atoms in total. The first-order valence-corrected chi connectivity index (χ1v) is 10.1. The first-order chi connectivity index (χ1) is 13.0. The van der Waals surface area contributed by atoms with Gasteiger partial charge < -0.3 is 20.3 Å². The Morgan fingerprint density at radius 1 is 1.26 bits per heavy atom. The van der Waals surface area contributed by atoms with Crippen LogP contribution in [-0.2, 0) is 17.7 Å². The van der Waals surface area contributed by atoms with Crippen LogP contribution in [0.2, 0.25) is 0 Å². The SMILES string of the molecule is CC1CN(c2ccc(CNC(=O)NCCc3cccs3)cc2F)CC(C)O1. The van der Waals surface area contributed by atoms with Gasteiger partial charge in [0.15, 0.2) is 0 Å². The molecule has 1 fully saturated rings. The summed E-state index contributed by atoms with van der Waals surface area (Å²) in [4.78, 5) is 15.1. The van der Waals surface area contributed by atoms with Crippen molar-refractivity contribution >= 4 is 23.1 Å². The maximum Gasteiger partial charge on any atom is 0.315 e. The van der Waals surface area contributed by atoms with Gasteiger partial charge in [-0.05, 0) is 49.4 Å². The summed E-state index contributed by atoms with van der Waals surface area (Å²) in [5, 5.41) is 7.61. The van der Waals surface area contributed by atoms with E-state index in [4.69, 9.17) is 4.74 Å². The van der Waals surface area contributed by atoms with Crippen LogP contribution in [0.5, 0.6) is 0 Å². The van der Waals surface area contributed by atoms with Crippen LogP contribution in [0.25, 0.3) is 0 Å². The van der Waals surface area contributed by atoms with E-state index in [1.54, 1.807) is 17.4 Å². The van der Waals surface area contributed by atoms with E-state index < -0.39 is 0 Å². The molecule has 0 radical (unpaired) electrons. The fourth-order valence-electron chi connectivity index (χ4n) is 3.29. The molecule has 146 valence electrons. The van der Waals surface area contributed by atoms with Crippen LogP contribution in [0.1, 0.15) is 24.3 Å². The number of ether oxygens (including phenoxy) is 1. The summed E-state index contributed by atoms with van der Waals surface area (Å²) in [7, 11) is 0. The van der Waals surface area contributed by atoms with E-state index >= 15 is 0 Å². The van der Waals surface area contributed by atoms with E-state index in [9.17, 15) is 9.18 Å². The molecule has 0 spiro atoms. The number of carbonyl (C=O) groups excluding carboxylic acids is 1. The molecule has 7 heteroatoms. The number of hydrogen-bond acceptors (Lipinski definition) is 4. The Hall–Kier alpha value is -2.12. The minimum Gasteiger partial charge on any atom is -0.372 e. The molecular weight excluding hydrogens is 365 g/mol. The smallest absolute Gasteiger partial charge is 0.315 e. The number of benzene rings is 1. The van der Waals surface area contributed by atoms with E-state index in [-0.39, 0.29) is 30.6 Å². The molecule has 0 bridgehead atoms. The lowest BCUT2D eigenvalue weighted by molar-refractivity contribution is -0.00539. The fraction of sp³-hybridized carbons (Fsp3) is 0.450. The second-order valence-electron chi connectivity index (χ2n) is 6.89. The van der Waals surface area contributed by atoms with Gasteiger partial charge in [-0.1, -0.05) is 12.1 Å². The molecular formula is C20H26FN3O2S. The molecule has 1 aromatic carbocycles. The Balaban J connectivity index is 1.48. The van der Waals surface area contributed by atoms with Gasteiger partial charge in [0.05, 0.1) is 17.9 Å². The lowest BCUT2D eigenvalue weighted by Gasteiger charge is -2.37. The molecule has 2 unspecified atom stereocenters. The number of halogens is 1. The number of nitrogens with one attached hydrogen (secondary N) is 2. The van der Waals surface area contributed by atoms with Crippen LogP contribution in [0, 0.1) is 5.82 Å². The van der Waals surface area contributed by atoms with Crippen LogP contribution in [-0.4, -0.2) is 37.9 Å². The van der Waals surface area contributed by atoms with Crippen molar-refractivity contribution in [3.8, 4) is 0 Å². The van der Waals surface area contributed by atoms with Crippen molar-refractivity contribution in [3.05, 3.63) is 52.0 Å². The van der Waals surface area contributed by atoms with Crippen LogP contribution >= 0.6 is 11.3 Å². The van der Waals surface area contributed by atoms with Gasteiger partial charge in [-0.2, -0.15) is 0 Å². The number of hydrogen-bond donors (Lipinski definition) is 2. The highest BCUT2D eigenvalue weighted by Crippen LogP contribution is 2.24. The predicted octanol–water partition coefficient (Wildman–Crippen LogP) is 3.54. The number of rotatable bonds is 6. The molecule has 2 heterocycles. The zero-order valence-corrected chi connectivity index (χ0v) is 16.5. The van der Waals surface area contributed by atoms with E-state index in [0.29, 0.717) is 25.3 Å². The molecule has 0 aliphatic carbocycles. The predicted molar refractivity (Wildman–Crippen MR) is 107 cm³/mol. The minimum absolute atomic E-state index is 0.0763. The molecule has 2 N–H and O–H groups in total. The third-order valence-corrected chi connectivity index (χ3v) is 5.40. The van der Waals surface area contributed by atoms with Gasteiger partial charge >= 0.3 is 6.03 Å². The van der Waals surface area contributed by atoms with Crippen LogP contribution < -0.4 is 15.5 Å². The topological polar surface area (TPSA) is 53.6 Å². The molecule has 0 saturated carbocycles. The first kappa shape index (κ1) is 19.6. The van der Waals surface area contributed by atoms with Gasteiger partial charge in [-0.3, -0.25) is 0 Å². The number of urea groups is 1. The quantitative estimate of drug-likeness (QED) is 0.792. The van der Waals surface area contributed by atoms with Crippen molar-refractivity contribution in [1.29, 1.82) is 0 Å². The summed E-state index contributed by atoms with van der Waals surface area (Å²) in [6.07, 6.45) is 0.963. The number of thiophene rings is 1. The molecule has 1 aromatic heterocycles. The number of amides is 2. The van der Waals surface area contributed by atoms with Crippen molar-refractivity contribution < 1.29 is 13.9 Å². The van der Waals surface area contributed by atoms with Crippen LogP contribution in [0.3, 0.4) is 0 Å². The van der Waals surface area contributed by atoms with E-state index in [0.717, 1.165) is 12.0 Å². The maximum absolute atomic E-state index is 14.6. The molecule has 27 heavy (non-hydrogen) atoms. The van der Waals surface area contributed by atoms with Crippen LogP contribution in [0.15, 0.2) is 35.7 Å². The van der Waals surface area contributed by atoms with Gasteiger partial charge in [-0.25, -0.2) is 9.18 Å². The van der Waals surface area contributed by atoms with E-state index in [2.05, 4.69) is 10.6 Å². The Kier molecular flexibility index (Phi) is 6.68. The van der Waals surface area contributed by atoms with Gasteiger partial charge in [0.25, 0.3) is 0 Å². The van der Waals surface area contributed by atoms with E-state index in [1.165, 1.54) is 10.9 Å². The standard InChI is InChI=1S/C20H26FN3O2S/c1-14-12-24(13-15(2)26-14)19-6-5-16(10-18(19)21)11-23-20(25)22-8-7-17-4-3-9-27-17/h3-6,9-10,14-15H,7-8,11-13H2,1-2H3,(H2,22,23,25). The molecule has 2 aromatic rings. The van der Waals surface area contributed by atoms with Gasteiger partial charge in [0.2, 0.25) is 0 Å². The Morgan fingerprint density at radius 3 is 2.70 bits per heavy atom. The molecule has 1 saturated heterocycles. The second-order valence-corrected chi connectivity index (χ2v) is 7.92. The summed E-state index contributed by atoms with van der Waals surface area (Å²) in [6, 6.07) is 8.93. The van der Waals surface area contributed by atoms with Crippen molar-refractivity contribution in [1.82, 2.24) is 10.6 Å². The summed E-state index contributed by atoms with van der Waals surface area (Å²) in [6.45, 7) is 6.20. The Morgan fingerprint density at radius 2 is 2.04 bits per heavy atom. The summed E-state index contributed by atoms with van der Waals surface area (Å²) in [5.74, 6) is -0.270. The third-order valence-electron chi connectivity index (χ3n) is 4.46. The summed E-state index contributed by atoms with van der Waals surface area (Å²) < 4.78 is 20.3. The number of anilines is 1. The van der Waals surface area contributed by atoms with Gasteiger partial charge in [0.1, 0.15) is 5.82 Å². The van der Waals surface area contributed by atoms with Crippen molar-refractivity contribution in [3.63, 3.8) is 0 Å². The average Bonchev–Trinajstić information content (AvgIpc) is 3.12. The molecule has 2 amide bonds. The zero-order chi connectivity index (χ0) is 19.2. The highest BCUT2D eigenvalue weighted by atomic mass is 32.1. The minimum atomic E-state index is -0.270. The molecule has 2 atom stereocenters. The number of nitrogens with zero attached hydrogens (tertiary/aromatic N) is 1. The average molecular weight is 392 g/mol. The third kappa shape index (κ3) is 5.68. The zero-order valence-electron chi connectivity index (χ0n) is 15.7. The molecule has 1 aliphatic rings.